The molecular formula is C57H110O17P2. The molecule has 0 spiro atoms. The average molecular weight is 1130 g/mol. The molecule has 0 saturated heterocycles. The first-order valence-electron chi connectivity index (χ1n) is 30.2. The highest BCUT2D eigenvalue weighted by molar-refractivity contribution is 7.47. The summed E-state index contributed by atoms with van der Waals surface area (Å²) in [6.07, 6.45) is 32.2. The molecule has 0 aromatic heterocycles. The highest BCUT2D eigenvalue weighted by Crippen LogP contribution is 2.45. The maximum atomic E-state index is 12.9. The molecule has 3 unspecified atom stereocenters. The summed E-state index contributed by atoms with van der Waals surface area (Å²) in [7, 11) is -9.86. The van der Waals surface area contributed by atoms with E-state index in [0.717, 1.165) is 109 Å². The molecule has 450 valence electrons. The van der Waals surface area contributed by atoms with Crippen LogP contribution in [0.15, 0.2) is 0 Å². The van der Waals surface area contributed by atoms with Crippen LogP contribution in [0, 0.1) is 5.92 Å². The second kappa shape index (κ2) is 51.2. The highest BCUT2D eigenvalue weighted by Gasteiger charge is 2.30. The van der Waals surface area contributed by atoms with Crippen molar-refractivity contribution in [3.8, 4) is 0 Å². The van der Waals surface area contributed by atoms with Gasteiger partial charge in [0.25, 0.3) is 0 Å². The lowest BCUT2D eigenvalue weighted by Gasteiger charge is -2.21. The quantitative estimate of drug-likeness (QED) is 0.0222. The van der Waals surface area contributed by atoms with E-state index in [9.17, 15) is 43.2 Å². The number of hydrogen-bond donors (Lipinski definition) is 3. The third-order valence-corrected chi connectivity index (χ3v) is 15.3. The molecule has 0 rings (SSSR count). The molecule has 0 radical (unpaired) electrons. The number of unbranched alkanes of at least 4 members (excludes halogenated alkanes) is 28. The van der Waals surface area contributed by atoms with E-state index >= 15 is 0 Å². The van der Waals surface area contributed by atoms with Gasteiger partial charge in [-0.2, -0.15) is 0 Å². The minimum atomic E-state index is -4.93. The number of carbonyl (C=O) groups excluding carboxylic acids is 4. The Kier molecular flexibility index (Phi) is 49.9. The van der Waals surface area contributed by atoms with Crippen LogP contribution in [0.25, 0.3) is 0 Å². The van der Waals surface area contributed by atoms with Crippen LogP contribution in [0.5, 0.6) is 0 Å². The van der Waals surface area contributed by atoms with Crippen LogP contribution < -0.4 is 0 Å². The Bertz CT molecular complexity index is 1500. The summed E-state index contributed by atoms with van der Waals surface area (Å²) in [6, 6.07) is 0. The van der Waals surface area contributed by atoms with Gasteiger partial charge in [-0.1, -0.05) is 227 Å². The fourth-order valence-corrected chi connectivity index (χ4v) is 9.89. The van der Waals surface area contributed by atoms with Crippen LogP contribution in [0.1, 0.15) is 279 Å². The molecular weight excluding hydrogens is 1020 g/mol. The Morgan fingerprint density at radius 1 is 0.368 bits per heavy atom. The van der Waals surface area contributed by atoms with Crippen LogP contribution in [-0.2, 0) is 65.4 Å². The standard InChI is InChI=1S/C57H110O17P2/c1-6-10-13-16-19-22-23-26-31-36-41-55(60)68-47-53(74-57(62)43-38-33-28-27-29-34-39-50(5)9-4)49-72-76(65,66)70-45-51(58)44-69-75(63,64)71-48-52(73-56(61)42-37-32-25-21-18-15-12-8-3)46-67-54(59)40-35-30-24-20-17-14-11-7-2/h50-53,58H,6-49H2,1-5H3,(H,63,64)(H,65,66)/t50?,51-,52+,53+/m0/s1. The highest BCUT2D eigenvalue weighted by atomic mass is 31.2. The number of carbonyl (C=O) groups is 4. The molecule has 0 aliphatic heterocycles. The minimum Gasteiger partial charge on any atom is -0.462 e. The number of esters is 4. The van der Waals surface area contributed by atoms with Crippen LogP contribution in [0.3, 0.4) is 0 Å². The maximum absolute atomic E-state index is 12.9. The van der Waals surface area contributed by atoms with E-state index in [4.69, 9.17) is 37.0 Å². The zero-order chi connectivity index (χ0) is 56.4. The lowest BCUT2D eigenvalue weighted by Crippen LogP contribution is -2.30. The third-order valence-electron chi connectivity index (χ3n) is 13.4. The lowest BCUT2D eigenvalue weighted by atomic mass is 10.00. The molecule has 76 heavy (non-hydrogen) atoms. The predicted molar refractivity (Wildman–Crippen MR) is 298 cm³/mol. The number of aliphatic hydroxyl groups is 1. The van der Waals surface area contributed by atoms with Gasteiger partial charge in [-0.3, -0.25) is 37.3 Å². The largest absolute Gasteiger partial charge is 0.472 e. The van der Waals surface area contributed by atoms with Crippen molar-refractivity contribution in [2.75, 3.05) is 39.6 Å². The summed E-state index contributed by atoms with van der Waals surface area (Å²) in [5.74, 6) is -1.43. The van der Waals surface area contributed by atoms with E-state index in [-0.39, 0.29) is 25.7 Å². The minimum absolute atomic E-state index is 0.103. The molecule has 0 bridgehead atoms. The molecule has 0 amide bonds. The van der Waals surface area contributed by atoms with Gasteiger partial charge < -0.3 is 33.8 Å². The van der Waals surface area contributed by atoms with Gasteiger partial charge in [0.1, 0.15) is 19.3 Å². The summed E-state index contributed by atoms with van der Waals surface area (Å²) in [4.78, 5) is 71.7. The fourth-order valence-electron chi connectivity index (χ4n) is 8.31. The van der Waals surface area contributed by atoms with Crippen molar-refractivity contribution in [1.82, 2.24) is 0 Å². The molecule has 0 aromatic carbocycles. The van der Waals surface area contributed by atoms with Crippen molar-refractivity contribution >= 4 is 39.5 Å². The zero-order valence-corrected chi connectivity index (χ0v) is 50.2. The first-order chi connectivity index (χ1) is 36.6. The fraction of sp³-hybridized carbons (Fsp3) is 0.930. The normalized spacial score (nSPS) is 14.8. The summed E-state index contributed by atoms with van der Waals surface area (Å²) >= 11 is 0. The topological polar surface area (TPSA) is 237 Å². The average Bonchev–Trinajstić information content (AvgIpc) is 3.39. The third kappa shape index (κ3) is 50.3. The van der Waals surface area contributed by atoms with E-state index in [0.29, 0.717) is 25.7 Å². The van der Waals surface area contributed by atoms with Gasteiger partial charge in [0.2, 0.25) is 0 Å². The van der Waals surface area contributed by atoms with Gasteiger partial charge >= 0.3 is 39.5 Å². The van der Waals surface area contributed by atoms with E-state index in [2.05, 4.69) is 34.6 Å². The van der Waals surface area contributed by atoms with Crippen LogP contribution in [0.2, 0.25) is 0 Å². The first kappa shape index (κ1) is 74.1. The van der Waals surface area contributed by atoms with E-state index in [1.54, 1.807) is 0 Å². The molecule has 17 nitrogen and oxygen atoms in total. The van der Waals surface area contributed by atoms with Gasteiger partial charge in [-0.25, -0.2) is 9.13 Å². The lowest BCUT2D eigenvalue weighted by molar-refractivity contribution is -0.161. The Balaban J connectivity index is 5.22. The predicted octanol–water partition coefficient (Wildman–Crippen LogP) is 15.1. The molecule has 6 atom stereocenters. The number of phosphoric ester groups is 2. The summed E-state index contributed by atoms with van der Waals surface area (Å²) in [5, 5.41) is 10.5. The molecule has 0 heterocycles. The second-order valence-electron chi connectivity index (χ2n) is 20.9. The first-order valence-corrected chi connectivity index (χ1v) is 33.2. The van der Waals surface area contributed by atoms with Crippen molar-refractivity contribution in [3.05, 3.63) is 0 Å². The molecule has 0 aliphatic rings. The van der Waals surface area contributed by atoms with E-state index < -0.39 is 97.5 Å². The second-order valence-corrected chi connectivity index (χ2v) is 23.8. The summed E-state index contributed by atoms with van der Waals surface area (Å²) in [5.41, 5.74) is 0. The Labute approximate surface area is 460 Å². The zero-order valence-electron chi connectivity index (χ0n) is 48.4. The number of phosphoric acid groups is 2. The molecule has 0 saturated carbocycles. The number of hydrogen-bond acceptors (Lipinski definition) is 15. The maximum Gasteiger partial charge on any atom is 0.472 e. The van der Waals surface area contributed by atoms with Crippen molar-refractivity contribution in [3.63, 3.8) is 0 Å². The van der Waals surface area contributed by atoms with Crippen molar-refractivity contribution in [2.45, 2.75) is 297 Å². The molecule has 19 heteroatoms. The molecule has 0 aliphatic carbocycles. The van der Waals surface area contributed by atoms with Gasteiger partial charge in [0.15, 0.2) is 12.2 Å². The molecule has 0 fully saturated rings. The Morgan fingerprint density at radius 2 is 0.632 bits per heavy atom. The Morgan fingerprint density at radius 3 is 0.934 bits per heavy atom. The molecule has 0 aromatic rings. The summed E-state index contributed by atoms with van der Waals surface area (Å²) in [6.45, 7) is 7.03. The van der Waals surface area contributed by atoms with E-state index in [1.165, 1.54) is 89.9 Å². The van der Waals surface area contributed by atoms with Crippen LogP contribution in [0.4, 0.5) is 0 Å². The Hall–Kier alpha value is -1.94. The number of ether oxygens (including phenoxy) is 4. The van der Waals surface area contributed by atoms with Gasteiger partial charge in [0.05, 0.1) is 26.4 Å². The number of aliphatic hydroxyl groups excluding tert-OH is 1. The van der Waals surface area contributed by atoms with Gasteiger partial charge in [-0.15, -0.1) is 0 Å². The van der Waals surface area contributed by atoms with Crippen LogP contribution >= 0.6 is 15.6 Å². The van der Waals surface area contributed by atoms with Crippen molar-refractivity contribution in [2.24, 2.45) is 5.92 Å². The van der Waals surface area contributed by atoms with E-state index in [1.807, 2.05) is 0 Å². The van der Waals surface area contributed by atoms with Crippen molar-refractivity contribution < 1.29 is 80.2 Å². The van der Waals surface area contributed by atoms with Crippen molar-refractivity contribution in [1.29, 1.82) is 0 Å². The summed E-state index contributed by atoms with van der Waals surface area (Å²) < 4.78 is 67.5. The smallest absolute Gasteiger partial charge is 0.462 e. The molecule has 3 N–H and O–H groups in total. The number of rotatable bonds is 57. The van der Waals surface area contributed by atoms with Gasteiger partial charge in [-0.05, 0) is 31.6 Å². The van der Waals surface area contributed by atoms with Gasteiger partial charge in [0, 0.05) is 25.7 Å². The SMILES string of the molecule is CCCCCCCCCCCCC(=O)OC[C@H](COP(=O)(O)OC[C@@H](O)COP(=O)(O)OC[C@@H](COC(=O)CCCCCCCCCC)OC(=O)CCCCCCCCCC)OC(=O)CCCCCCCCC(C)CC. The monoisotopic (exact) mass is 1130 g/mol. The van der Waals surface area contributed by atoms with Crippen LogP contribution in [-0.4, -0.2) is 96.7 Å².